The average molecular weight is 870 g/mol. The Kier molecular flexibility index (Phi) is 9.98. The summed E-state index contributed by atoms with van der Waals surface area (Å²) in [5.74, 6) is -21.2. The first kappa shape index (κ1) is 40.8. The zero-order valence-corrected chi connectivity index (χ0v) is 33.1. The number of halogens is 7. The summed E-state index contributed by atoms with van der Waals surface area (Å²) in [6.45, 7) is 0. The number of carbonyl (C=O) groups excluding carboxylic acids is 4. The van der Waals surface area contributed by atoms with E-state index in [0.29, 0.717) is 17.1 Å². The number of benzene rings is 4. The molecule has 2 heterocycles. The highest BCUT2D eigenvalue weighted by Gasteiger charge is 2.77. The molecule has 0 bridgehead atoms. The van der Waals surface area contributed by atoms with E-state index < -0.39 is 104 Å². The van der Waals surface area contributed by atoms with Gasteiger partial charge >= 0.3 is 0 Å². The van der Waals surface area contributed by atoms with Crippen molar-refractivity contribution in [3.8, 4) is 23.0 Å². The normalized spacial score (nSPS) is 26.0. The first-order valence-electron chi connectivity index (χ1n) is 18.3. The third-order valence-corrected chi connectivity index (χ3v) is 13.2. The van der Waals surface area contributed by atoms with Gasteiger partial charge in [0.1, 0.15) is 28.7 Å². The molecule has 4 aliphatic rings. The number of aromatic hydroxyl groups is 1. The Morgan fingerprint density at radius 2 is 1.33 bits per heavy atom. The van der Waals surface area contributed by atoms with Crippen LogP contribution in [0.15, 0.2) is 72.3 Å². The van der Waals surface area contributed by atoms with Crippen molar-refractivity contribution in [2.24, 2.45) is 17.8 Å². The maximum Gasteiger partial charge on any atom is 0.258 e. The van der Waals surface area contributed by atoms with Crippen molar-refractivity contribution in [1.29, 1.82) is 0 Å². The molecule has 0 spiro atoms. The zero-order chi connectivity index (χ0) is 43.2. The number of imide groups is 2. The minimum Gasteiger partial charge on any atom is -0.508 e. The third kappa shape index (κ3) is 5.72. The molecule has 8 rings (SSSR count). The monoisotopic (exact) mass is 868 g/mol. The summed E-state index contributed by atoms with van der Waals surface area (Å²) in [5, 5.41) is 11.3. The number of nitrogens with zero attached hydrogens (tertiary/aromatic N) is 2. The molecule has 1 saturated carbocycles. The summed E-state index contributed by atoms with van der Waals surface area (Å²) in [5.41, 5.74) is -0.224. The minimum absolute atomic E-state index is 0.0834. The van der Waals surface area contributed by atoms with E-state index in [-0.39, 0.29) is 33.9 Å². The third-order valence-electron chi connectivity index (χ3n) is 11.8. The molecular formula is C43H31Cl2F5N2O8. The number of alkyl halides is 2. The Morgan fingerprint density at radius 1 is 0.717 bits per heavy atom. The fourth-order valence-corrected chi connectivity index (χ4v) is 9.88. The van der Waals surface area contributed by atoms with Gasteiger partial charge in [0.25, 0.3) is 11.8 Å². The molecule has 2 saturated heterocycles. The van der Waals surface area contributed by atoms with Crippen LogP contribution in [0.3, 0.4) is 0 Å². The van der Waals surface area contributed by atoms with Crippen LogP contribution in [0.5, 0.6) is 23.0 Å². The molecule has 4 aromatic rings. The molecule has 4 aromatic carbocycles. The first-order chi connectivity index (χ1) is 28.5. The Bertz CT molecular complexity index is 2580. The second-order valence-corrected chi connectivity index (χ2v) is 15.9. The van der Waals surface area contributed by atoms with Crippen LogP contribution in [-0.2, 0) is 19.2 Å². The van der Waals surface area contributed by atoms with Crippen LogP contribution in [0.4, 0.5) is 33.3 Å². The summed E-state index contributed by atoms with van der Waals surface area (Å²) in [7, 11) is 4.38. The van der Waals surface area contributed by atoms with E-state index in [0.717, 1.165) is 16.5 Å². The van der Waals surface area contributed by atoms with E-state index in [4.69, 9.17) is 37.4 Å². The van der Waals surface area contributed by atoms with E-state index >= 15 is 8.78 Å². The topological polar surface area (TPSA) is 123 Å². The van der Waals surface area contributed by atoms with Crippen LogP contribution < -0.4 is 24.0 Å². The molecule has 1 N–H and O–H groups in total. The predicted octanol–water partition coefficient (Wildman–Crippen LogP) is 8.05. The maximum atomic E-state index is 15.4. The Balaban J connectivity index is 1.20. The summed E-state index contributed by atoms with van der Waals surface area (Å²) in [6, 6.07) is 15.6. The Labute approximate surface area is 348 Å². The van der Waals surface area contributed by atoms with Gasteiger partial charge in [-0.15, -0.1) is 23.2 Å². The van der Waals surface area contributed by atoms with Crippen LogP contribution in [0.1, 0.15) is 35.4 Å². The second kappa shape index (κ2) is 14.7. The number of allylic oxidation sites excluding steroid dienone is 2. The molecule has 6 unspecified atom stereocenters. The molecule has 4 amide bonds. The summed E-state index contributed by atoms with van der Waals surface area (Å²) < 4.78 is 89.9. The minimum atomic E-state index is -2.79. The van der Waals surface area contributed by atoms with Gasteiger partial charge in [-0.2, -0.15) is 0 Å². The highest BCUT2D eigenvalue weighted by atomic mass is 35.5. The van der Waals surface area contributed by atoms with Crippen molar-refractivity contribution in [3.63, 3.8) is 0 Å². The van der Waals surface area contributed by atoms with Crippen LogP contribution in [0, 0.1) is 46.8 Å². The van der Waals surface area contributed by atoms with Crippen molar-refractivity contribution in [2.45, 2.75) is 28.5 Å². The first-order valence-corrected chi connectivity index (χ1v) is 19.0. The van der Waals surface area contributed by atoms with Gasteiger partial charge in [0.15, 0.2) is 33.0 Å². The molecule has 6 atom stereocenters. The molecule has 10 nitrogen and oxygen atoms in total. The van der Waals surface area contributed by atoms with Crippen molar-refractivity contribution < 1.29 is 60.4 Å². The number of phenols is 1. The van der Waals surface area contributed by atoms with Gasteiger partial charge in [0, 0.05) is 23.1 Å². The molecule has 0 aromatic heterocycles. The standard InChI is InChI=1S/C43H31Cl2F5N2O8/c1-58-22-11-15-29(60-3)20(16-22)7-4-19-5-8-21(9-6-19)51-38(54)26-14-13-24-27(30(26)39(51)55)18-42(44)40(56)52(37-35(49)33(47)32(46)34(48)36(37)50)41(57)43(42,45)31(24)25-12-10-23(59-2)17-28(25)53/h4-13,15-17,26-27,30-31,53H,14,18H2,1-3H3. The number of rotatable bonds is 8. The number of methoxy groups -OCH3 is 3. The lowest BCUT2D eigenvalue weighted by molar-refractivity contribution is -0.125. The SMILES string of the molecule is COc1ccc(C2C3=CCC4C(=O)N(c5ccc(C=Cc6cc(OC)ccc6OC)cc5)C(=O)C4C3CC3(Cl)C(=O)N(c4c(F)c(F)c(F)c(F)c4F)C(=O)C23Cl)c(O)c1. The summed E-state index contributed by atoms with van der Waals surface area (Å²) >= 11 is 14.3. The molecular weight excluding hydrogens is 838 g/mol. The van der Waals surface area contributed by atoms with Gasteiger partial charge in [0.2, 0.25) is 17.6 Å². The van der Waals surface area contributed by atoms with Crippen LogP contribution in [-0.4, -0.2) is 59.8 Å². The van der Waals surface area contributed by atoms with Crippen molar-refractivity contribution in [2.75, 3.05) is 31.1 Å². The highest BCUT2D eigenvalue weighted by molar-refractivity contribution is 6.58. The van der Waals surface area contributed by atoms with Crippen molar-refractivity contribution in [3.05, 3.63) is 118 Å². The predicted molar refractivity (Wildman–Crippen MR) is 208 cm³/mol. The van der Waals surface area contributed by atoms with Gasteiger partial charge in [-0.25, -0.2) is 26.9 Å². The number of fused-ring (bicyclic) bond motifs is 4. The lowest BCUT2D eigenvalue weighted by Crippen LogP contribution is -2.60. The maximum absolute atomic E-state index is 15.4. The van der Waals surface area contributed by atoms with Gasteiger partial charge in [0.05, 0.1) is 38.9 Å². The molecule has 2 aliphatic carbocycles. The average Bonchev–Trinajstić information content (AvgIpc) is 3.59. The number of ether oxygens (including phenoxy) is 3. The van der Waals surface area contributed by atoms with Gasteiger partial charge < -0.3 is 19.3 Å². The van der Waals surface area contributed by atoms with E-state index in [1.807, 2.05) is 0 Å². The van der Waals surface area contributed by atoms with E-state index in [1.54, 1.807) is 54.6 Å². The number of phenolic OH excluding ortho intramolecular Hbond substituents is 1. The molecule has 3 fully saturated rings. The lowest BCUT2D eigenvalue weighted by Gasteiger charge is -2.50. The van der Waals surface area contributed by atoms with E-state index in [2.05, 4.69) is 0 Å². The van der Waals surface area contributed by atoms with Crippen molar-refractivity contribution >= 4 is 70.4 Å². The smallest absolute Gasteiger partial charge is 0.258 e. The fourth-order valence-electron chi connectivity index (χ4n) is 8.95. The zero-order valence-electron chi connectivity index (χ0n) is 31.6. The number of hydrogen-bond acceptors (Lipinski definition) is 8. The van der Waals surface area contributed by atoms with E-state index in [1.165, 1.54) is 39.5 Å². The lowest BCUT2D eigenvalue weighted by atomic mass is 9.56. The Morgan fingerprint density at radius 3 is 1.95 bits per heavy atom. The number of hydrogen-bond donors (Lipinski definition) is 1. The molecule has 60 heavy (non-hydrogen) atoms. The number of amides is 4. The van der Waals surface area contributed by atoms with Crippen LogP contribution >= 0.6 is 23.2 Å². The fraction of sp³-hybridized carbons (Fsp3) is 0.256. The number of carbonyl (C=O) groups is 4. The molecule has 17 heteroatoms. The quantitative estimate of drug-likeness (QED) is 0.0359. The largest absolute Gasteiger partial charge is 0.508 e. The number of anilines is 2. The van der Waals surface area contributed by atoms with Gasteiger partial charge in [-0.3, -0.25) is 24.1 Å². The summed E-state index contributed by atoms with van der Waals surface area (Å²) in [4.78, 5) is 52.8. The van der Waals surface area contributed by atoms with Crippen molar-refractivity contribution in [1.82, 2.24) is 0 Å². The second-order valence-electron chi connectivity index (χ2n) is 14.7. The van der Waals surface area contributed by atoms with Gasteiger partial charge in [-0.05, 0) is 60.7 Å². The van der Waals surface area contributed by atoms with Crippen LogP contribution in [0.25, 0.3) is 12.2 Å². The summed E-state index contributed by atoms with van der Waals surface area (Å²) in [6.07, 6.45) is 4.34. The molecule has 310 valence electrons. The van der Waals surface area contributed by atoms with Crippen LogP contribution in [0.2, 0.25) is 0 Å². The molecule has 2 aliphatic heterocycles. The van der Waals surface area contributed by atoms with Gasteiger partial charge in [-0.1, -0.05) is 42.0 Å². The van der Waals surface area contributed by atoms with E-state index in [9.17, 15) is 37.5 Å². The Hall–Kier alpha value is -5.93. The molecule has 0 radical (unpaired) electrons. The highest BCUT2D eigenvalue weighted by Crippen LogP contribution is 2.67.